The van der Waals surface area contributed by atoms with Crippen molar-refractivity contribution in [3.05, 3.63) is 65.7 Å². The van der Waals surface area contributed by atoms with E-state index >= 15 is 0 Å². The Balaban J connectivity index is 1.64. The minimum atomic E-state index is -3.59. The van der Waals surface area contributed by atoms with Crippen molar-refractivity contribution in [3.8, 4) is 0 Å². The average molecular weight is 390 g/mol. The zero-order valence-electron chi connectivity index (χ0n) is 14.5. The van der Waals surface area contributed by atoms with E-state index in [1.807, 2.05) is 32.2 Å². The molecule has 0 saturated heterocycles. The van der Waals surface area contributed by atoms with Crippen molar-refractivity contribution in [2.24, 2.45) is 7.05 Å². The Bertz CT molecular complexity index is 970. The van der Waals surface area contributed by atoms with Gasteiger partial charge in [0.15, 0.2) is 5.16 Å². The van der Waals surface area contributed by atoms with Gasteiger partial charge in [0, 0.05) is 19.0 Å². The summed E-state index contributed by atoms with van der Waals surface area (Å²) in [5.74, 6) is 1.21. The number of rotatable bonds is 7. The number of thioether (sulfide) groups is 1. The average Bonchev–Trinajstić information content (AvgIpc) is 2.99. The van der Waals surface area contributed by atoms with Crippen LogP contribution in [0.15, 0.2) is 58.7 Å². The predicted molar refractivity (Wildman–Crippen MR) is 100 cm³/mol. The first-order chi connectivity index (χ1) is 12.5. The van der Waals surface area contributed by atoms with Crippen LogP contribution in [-0.2, 0) is 29.4 Å². The Morgan fingerprint density at radius 2 is 1.88 bits per heavy atom. The molecule has 0 saturated carbocycles. The maximum atomic E-state index is 12.4. The summed E-state index contributed by atoms with van der Waals surface area (Å²) in [4.78, 5) is 4.50. The Morgan fingerprint density at radius 1 is 1.12 bits per heavy atom. The third-order valence-corrected chi connectivity index (χ3v) is 6.22. The lowest BCUT2D eigenvalue weighted by Crippen LogP contribution is -2.24. The zero-order valence-corrected chi connectivity index (χ0v) is 16.1. The minimum absolute atomic E-state index is 0.0733. The van der Waals surface area contributed by atoms with Gasteiger partial charge in [-0.1, -0.05) is 35.5 Å². The van der Waals surface area contributed by atoms with Crippen LogP contribution >= 0.6 is 11.8 Å². The second-order valence-corrected chi connectivity index (χ2v) is 8.41. The Hall–Kier alpha value is -2.23. The molecule has 2 aromatic heterocycles. The first-order valence-corrected chi connectivity index (χ1v) is 10.4. The SMILES string of the molecule is Cc1ccc(S(=O)(=O)NCc2nnc(SCc3ccccn3)n2C)cc1. The largest absolute Gasteiger partial charge is 0.308 e. The number of benzene rings is 1. The summed E-state index contributed by atoms with van der Waals surface area (Å²) in [5.41, 5.74) is 1.95. The molecule has 0 amide bonds. The maximum absolute atomic E-state index is 12.4. The lowest BCUT2D eigenvalue weighted by atomic mass is 10.2. The number of aryl methyl sites for hydroxylation is 1. The highest BCUT2D eigenvalue weighted by Gasteiger charge is 2.16. The highest BCUT2D eigenvalue weighted by atomic mass is 32.2. The lowest BCUT2D eigenvalue weighted by molar-refractivity contribution is 0.576. The van der Waals surface area contributed by atoms with E-state index in [1.54, 1.807) is 35.0 Å². The van der Waals surface area contributed by atoms with Crippen LogP contribution in [-0.4, -0.2) is 28.2 Å². The summed E-state index contributed by atoms with van der Waals surface area (Å²) in [6.45, 7) is 1.98. The van der Waals surface area contributed by atoms with E-state index < -0.39 is 10.0 Å². The molecule has 7 nitrogen and oxygen atoms in total. The summed E-state index contributed by atoms with van der Waals surface area (Å²) in [7, 11) is -1.77. The third-order valence-electron chi connectivity index (χ3n) is 3.75. The summed E-state index contributed by atoms with van der Waals surface area (Å²) < 4.78 is 29.1. The van der Waals surface area contributed by atoms with Crippen molar-refractivity contribution in [3.63, 3.8) is 0 Å². The molecule has 0 aliphatic rings. The van der Waals surface area contributed by atoms with Gasteiger partial charge in [-0.15, -0.1) is 10.2 Å². The Morgan fingerprint density at radius 3 is 2.58 bits per heavy atom. The molecule has 1 N–H and O–H groups in total. The van der Waals surface area contributed by atoms with E-state index in [4.69, 9.17) is 0 Å². The predicted octanol–water partition coefficient (Wildman–Crippen LogP) is 2.29. The number of pyridine rings is 1. The Kier molecular flexibility index (Phi) is 5.70. The number of hydrogen-bond donors (Lipinski definition) is 1. The molecule has 0 unspecified atom stereocenters. The molecule has 9 heteroatoms. The molecule has 0 radical (unpaired) electrons. The second kappa shape index (κ2) is 7.98. The van der Waals surface area contributed by atoms with Gasteiger partial charge in [0.25, 0.3) is 0 Å². The van der Waals surface area contributed by atoms with Crippen LogP contribution in [0, 0.1) is 6.92 Å². The smallest absolute Gasteiger partial charge is 0.240 e. The molecule has 136 valence electrons. The molecule has 0 spiro atoms. The summed E-state index contributed by atoms with van der Waals surface area (Å²) in [5, 5.41) is 8.92. The topological polar surface area (TPSA) is 89.8 Å². The van der Waals surface area contributed by atoms with Gasteiger partial charge in [0.05, 0.1) is 17.1 Å². The molecule has 0 aliphatic carbocycles. The zero-order chi connectivity index (χ0) is 18.6. The molecule has 0 bridgehead atoms. The molecular formula is C17H19N5O2S2. The van der Waals surface area contributed by atoms with Gasteiger partial charge >= 0.3 is 0 Å². The fraction of sp³-hybridized carbons (Fsp3) is 0.235. The molecule has 1 aromatic carbocycles. The maximum Gasteiger partial charge on any atom is 0.240 e. The third kappa shape index (κ3) is 4.48. The minimum Gasteiger partial charge on any atom is -0.308 e. The van der Waals surface area contributed by atoms with Crippen molar-refractivity contribution in [1.82, 2.24) is 24.5 Å². The van der Waals surface area contributed by atoms with Gasteiger partial charge in [-0.25, -0.2) is 13.1 Å². The highest BCUT2D eigenvalue weighted by molar-refractivity contribution is 7.98. The first kappa shape index (κ1) is 18.6. The van der Waals surface area contributed by atoms with Gasteiger partial charge < -0.3 is 4.57 Å². The standard InChI is InChI=1S/C17H19N5O2S2/c1-13-6-8-15(9-7-13)26(23,24)19-11-16-20-21-17(22(16)2)25-12-14-5-3-4-10-18-14/h3-10,19H,11-12H2,1-2H3. The van der Waals surface area contributed by atoms with Crippen molar-refractivity contribution in [1.29, 1.82) is 0 Å². The summed E-state index contributed by atoms with van der Waals surface area (Å²) in [6, 6.07) is 12.5. The molecular weight excluding hydrogens is 370 g/mol. The van der Waals surface area contributed by atoms with E-state index in [9.17, 15) is 8.42 Å². The normalized spacial score (nSPS) is 11.6. The number of aromatic nitrogens is 4. The van der Waals surface area contributed by atoms with Gasteiger partial charge in [-0.05, 0) is 31.2 Å². The summed E-state index contributed by atoms with van der Waals surface area (Å²) >= 11 is 1.50. The van der Waals surface area contributed by atoms with Crippen LogP contribution in [0.4, 0.5) is 0 Å². The monoisotopic (exact) mass is 389 g/mol. The second-order valence-electron chi connectivity index (χ2n) is 5.71. The number of sulfonamides is 1. The van der Waals surface area contributed by atoms with Gasteiger partial charge in [0.2, 0.25) is 10.0 Å². The van der Waals surface area contributed by atoms with E-state index in [1.165, 1.54) is 11.8 Å². The van der Waals surface area contributed by atoms with Crippen LogP contribution in [0.2, 0.25) is 0 Å². The van der Waals surface area contributed by atoms with Gasteiger partial charge in [-0.2, -0.15) is 0 Å². The molecule has 26 heavy (non-hydrogen) atoms. The summed E-state index contributed by atoms with van der Waals surface area (Å²) in [6.07, 6.45) is 1.75. The Labute approximate surface area is 156 Å². The van der Waals surface area contributed by atoms with E-state index in [-0.39, 0.29) is 11.4 Å². The van der Waals surface area contributed by atoms with Crippen LogP contribution < -0.4 is 4.72 Å². The fourth-order valence-corrected chi connectivity index (χ4v) is 4.03. The van der Waals surface area contributed by atoms with Crippen LogP contribution in [0.1, 0.15) is 17.1 Å². The highest BCUT2D eigenvalue weighted by Crippen LogP contribution is 2.20. The first-order valence-electron chi connectivity index (χ1n) is 7.93. The van der Waals surface area contributed by atoms with Gasteiger partial charge in [0.1, 0.15) is 5.82 Å². The molecule has 2 heterocycles. The van der Waals surface area contributed by atoms with Crippen molar-refractivity contribution in [2.75, 3.05) is 0 Å². The van der Waals surface area contributed by atoms with Crippen molar-refractivity contribution < 1.29 is 8.42 Å². The molecule has 0 aliphatic heterocycles. The van der Waals surface area contributed by atoms with E-state index in [2.05, 4.69) is 19.9 Å². The van der Waals surface area contributed by atoms with Gasteiger partial charge in [-0.3, -0.25) is 4.98 Å². The van der Waals surface area contributed by atoms with Crippen LogP contribution in [0.5, 0.6) is 0 Å². The van der Waals surface area contributed by atoms with Crippen molar-refractivity contribution >= 4 is 21.8 Å². The fourth-order valence-electron chi connectivity index (χ4n) is 2.21. The molecule has 3 rings (SSSR count). The number of hydrogen-bond acceptors (Lipinski definition) is 6. The molecule has 0 fully saturated rings. The number of nitrogens with one attached hydrogen (secondary N) is 1. The van der Waals surface area contributed by atoms with E-state index in [0.717, 1.165) is 11.3 Å². The molecule has 3 aromatic rings. The van der Waals surface area contributed by atoms with Crippen LogP contribution in [0.3, 0.4) is 0 Å². The van der Waals surface area contributed by atoms with Crippen molar-refractivity contribution in [2.45, 2.75) is 29.3 Å². The lowest BCUT2D eigenvalue weighted by Gasteiger charge is -2.07. The quantitative estimate of drug-likeness (QED) is 0.624. The molecule has 0 atom stereocenters. The number of nitrogens with zero attached hydrogens (tertiary/aromatic N) is 4. The van der Waals surface area contributed by atoms with Crippen LogP contribution in [0.25, 0.3) is 0 Å². The van der Waals surface area contributed by atoms with E-state index in [0.29, 0.717) is 16.7 Å².